The maximum absolute atomic E-state index is 12.9. The van der Waals surface area contributed by atoms with Crippen molar-refractivity contribution in [1.82, 2.24) is 9.80 Å². The molecule has 138 valence electrons. The van der Waals surface area contributed by atoms with Crippen LogP contribution in [0, 0.1) is 0 Å². The van der Waals surface area contributed by atoms with E-state index in [1.807, 2.05) is 29.2 Å². The molecule has 2 aromatic rings. The van der Waals surface area contributed by atoms with E-state index >= 15 is 0 Å². The topological polar surface area (TPSA) is 42.0 Å². The maximum atomic E-state index is 12.9. The minimum absolute atomic E-state index is 0.0121. The molecule has 5 nitrogen and oxygen atoms in total. The van der Waals surface area contributed by atoms with Crippen molar-refractivity contribution in [2.24, 2.45) is 0 Å². The van der Waals surface area contributed by atoms with Gasteiger partial charge in [0.25, 0.3) is 5.91 Å². The highest BCUT2D eigenvalue weighted by molar-refractivity contribution is 6.31. The number of halogens is 1. The average molecular weight is 375 g/mol. The normalized spacial score (nSPS) is 15.0. The monoisotopic (exact) mass is 374 g/mol. The van der Waals surface area contributed by atoms with Gasteiger partial charge in [-0.15, -0.1) is 0 Å². The summed E-state index contributed by atoms with van der Waals surface area (Å²) in [6.07, 6.45) is 0. The number of hydrogen-bond acceptors (Lipinski definition) is 4. The van der Waals surface area contributed by atoms with Crippen molar-refractivity contribution in [2.45, 2.75) is 6.54 Å². The lowest BCUT2D eigenvalue weighted by Crippen LogP contribution is -2.48. The number of nitrogens with zero attached hydrogens (tertiary/aromatic N) is 2. The van der Waals surface area contributed by atoms with Crippen molar-refractivity contribution in [2.75, 3.05) is 40.4 Å². The van der Waals surface area contributed by atoms with Crippen LogP contribution in [-0.2, 0) is 6.54 Å². The molecular formula is C20H23ClN2O3. The zero-order valence-electron chi connectivity index (χ0n) is 15.1. The van der Waals surface area contributed by atoms with Crippen molar-refractivity contribution in [1.29, 1.82) is 0 Å². The Hall–Kier alpha value is -2.24. The first-order chi connectivity index (χ1) is 12.6. The number of ether oxygens (including phenoxy) is 2. The van der Waals surface area contributed by atoms with Gasteiger partial charge in [-0.25, -0.2) is 0 Å². The lowest BCUT2D eigenvalue weighted by Gasteiger charge is -2.35. The van der Waals surface area contributed by atoms with E-state index in [1.165, 1.54) is 0 Å². The lowest BCUT2D eigenvalue weighted by atomic mass is 10.1. The second-order valence-electron chi connectivity index (χ2n) is 6.23. The zero-order valence-corrected chi connectivity index (χ0v) is 15.8. The third kappa shape index (κ3) is 4.11. The number of carbonyl (C=O) groups excluding carboxylic acids is 1. The molecule has 2 aromatic carbocycles. The fraction of sp³-hybridized carbons (Fsp3) is 0.350. The number of carbonyl (C=O) groups is 1. The third-order valence-electron chi connectivity index (χ3n) is 4.65. The quantitative estimate of drug-likeness (QED) is 0.805. The Morgan fingerprint density at radius 2 is 1.77 bits per heavy atom. The Bertz CT molecular complexity index is 773. The molecule has 6 heteroatoms. The van der Waals surface area contributed by atoms with Gasteiger partial charge in [0.15, 0.2) is 0 Å². The highest BCUT2D eigenvalue weighted by Crippen LogP contribution is 2.26. The van der Waals surface area contributed by atoms with Crippen molar-refractivity contribution >= 4 is 17.5 Å². The second-order valence-corrected chi connectivity index (χ2v) is 6.63. The van der Waals surface area contributed by atoms with Gasteiger partial charge in [-0.05, 0) is 23.8 Å². The largest absolute Gasteiger partial charge is 0.497 e. The van der Waals surface area contributed by atoms with Crippen molar-refractivity contribution in [3.63, 3.8) is 0 Å². The van der Waals surface area contributed by atoms with Gasteiger partial charge in [0.05, 0.1) is 19.8 Å². The summed E-state index contributed by atoms with van der Waals surface area (Å²) in [6.45, 7) is 3.79. The fourth-order valence-electron chi connectivity index (χ4n) is 3.12. The molecule has 0 unspecified atom stereocenters. The first-order valence-corrected chi connectivity index (χ1v) is 8.97. The first-order valence-electron chi connectivity index (χ1n) is 8.59. The highest BCUT2D eigenvalue weighted by atomic mass is 35.5. The average Bonchev–Trinajstić information content (AvgIpc) is 2.69. The molecule has 0 aliphatic carbocycles. The molecule has 0 atom stereocenters. The van der Waals surface area contributed by atoms with Gasteiger partial charge < -0.3 is 14.4 Å². The molecule has 1 fully saturated rings. The van der Waals surface area contributed by atoms with Crippen LogP contribution in [0.15, 0.2) is 42.5 Å². The predicted octanol–water partition coefficient (Wildman–Crippen LogP) is 3.32. The summed E-state index contributed by atoms with van der Waals surface area (Å²) in [5, 5.41) is 0.786. The number of hydrogen-bond donors (Lipinski definition) is 0. The molecule has 0 radical (unpaired) electrons. The smallest absolute Gasteiger partial charge is 0.257 e. The molecule has 1 amide bonds. The van der Waals surface area contributed by atoms with Crippen LogP contribution in [0.25, 0.3) is 0 Å². The van der Waals surface area contributed by atoms with Gasteiger partial charge in [0.1, 0.15) is 11.5 Å². The minimum atomic E-state index is -0.0121. The summed E-state index contributed by atoms with van der Waals surface area (Å²) in [5.74, 6) is 1.19. The Labute approximate surface area is 159 Å². The number of amides is 1. The van der Waals surface area contributed by atoms with Gasteiger partial charge in [0, 0.05) is 43.8 Å². The van der Waals surface area contributed by atoms with Gasteiger partial charge in [-0.1, -0.05) is 29.8 Å². The molecule has 1 aliphatic heterocycles. The van der Waals surface area contributed by atoms with E-state index in [0.29, 0.717) is 30.2 Å². The molecule has 0 saturated carbocycles. The van der Waals surface area contributed by atoms with Crippen LogP contribution in [0.4, 0.5) is 0 Å². The summed E-state index contributed by atoms with van der Waals surface area (Å²) < 4.78 is 10.6. The number of benzene rings is 2. The molecule has 0 aromatic heterocycles. The molecule has 3 rings (SSSR count). The van der Waals surface area contributed by atoms with Crippen LogP contribution in [0.1, 0.15) is 15.9 Å². The van der Waals surface area contributed by atoms with Crippen LogP contribution in [0.2, 0.25) is 5.02 Å². The Balaban J connectivity index is 1.63. The molecule has 0 spiro atoms. The number of rotatable bonds is 5. The molecule has 1 saturated heterocycles. The van der Waals surface area contributed by atoms with Crippen molar-refractivity contribution in [3.8, 4) is 11.5 Å². The Morgan fingerprint density at radius 3 is 2.42 bits per heavy atom. The molecule has 1 aliphatic rings. The van der Waals surface area contributed by atoms with E-state index in [4.69, 9.17) is 21.1 Å². The van der Waals surface area contributed by atoms with Crippen molar-refractivity contribution in [3.05, 3.63) is 58.6 Å². The lowest BCUT2D eigenvalue weighted by molar-refractivity contribution is 0.0625. The van der Waals surface area contributed by atoms with E-state index < -0.39 is 0 Å². The number of piperazine rings is 1. The van der Waals surface area contributed by atoms with E-state index in [9.17, 15) is 4.79 Å². The van der Waals surface area contributed by atoms with Gasteiger partial charge >= 0.3 is 0 Å². The standard InChI is InChI=1S/C20H23ClN2O3/c1-25-16-7-8-17(19(13-16)26-2)20(24)23-11-9-22(10-12-23)14-15-5-3-4-6-18(15)21/h3-8,13H,9-12,14H2,1-2H3. The minimum Gasteiger partial charge on any atom is -0.497 e. The van der Waals surface area contributed by atoms with Crippen molar-refractivity contribution < 1.29 is 14.3 Å². The van der Waals surface area contributed by atoms with Gasteiger partial charge in [-0.2, -0.15) is 0 Å². The highest BCUT2D eigenvalue weighted by Gasteiger charge is 2.24. The summed E-state index contributed by atoms with van der Waals surface area (Å²) in [4.78, 5) is 17.0. The van der Waals surface area contributed by atoms with Crippen LogP contribution >= 0.6 is 11.6 Å². The van der Waals surface area contributed by atoms with Crippen LogP contribution in [0.3, 0.4) is 0 Å². The first kappa shape index (κ1) is 18.5. The van der Waals surface area contributed by atoms with Crippen LogP contribution in [-0.4, -0.2) is 56.1 Å². The van der Waals surface area contributed by atoms with E-state index in [-0.39, 0.29) is 5.91 Å². The van der Waals surface area contributed by atoms with Gasteiger partial charge in [0.2, 0.25) is 0 Å². The third-order valence-corrected chi connectivity index (χ3v) is 5.02. The zero-order chi connectivity index (χ0) is 18.5. The number of methoxy groups -OCH3 is 2. The predicted molar refractivity (Wildman–Crippen MR) is 102 cm³/mol. The van der Waals surface area contributed by atoms with Crippen LogP contribution in [0.5, 0.6) is 11.5 Å². The Morgan fingerprint density at radius 1 is 1.04 bits per heavy atom. The molecule has 26 heavy (non-hydrogen) atoms. The molecule has 0 N–H and O–H groups in total. The van der Waals surface area contributed by atoms with E-state index in [0.717, 1.165) is 30.2 Å². The summed E-state index contributed by atoms with van der Waals surface area (Å²) in [5.41, 5.74) is 1.68. The fourth-order valence-corrected chi connectivity index (χ4v) is 3.32. The van der Waals surface area contributed by atoms with E-state index in [2.05, 4.69) is 4.90 Å². The summed E-state index contributed by atoms with van der Waals surface area (Å²) in [7, 11) is 3.15. The summed E-state index contributed by atoms with van der Waals surface area (Å²) >= 11 is 6.25. The van der Waals surface area contributed by atoms with Crippen LogP contribution < -0.4 is 9.47 Å². The second kappa shape index (κ2) is 8.43. The SMILES string of the molecule is COc1ccc(C(=O)N2CCN(Cc3ccccc3Cl)CC2)c(OC)c1. The van der Waals surface area contributed by atoms with E-state index in [1.54, 1.807) is 32.4 Å². The Kier molecular flexibility index (Phi) is 6.01. The molecule has 1 heterocycles. The maximum Gasteiger partial charge on any atom is 0.257 e. The molecular weight excluding hydrogens is 352 g/mol. The molecule has 0 bridgehead atoms. The summed E-state index contributed by atoms with van der Waals surface area (Å²) in [6, 6.07) is 13.2. The van der Waals surface area contributed by atoms with Gasteiger partial charge in [-0.3, -0.25) is 9.69 Å².